The van der Waals surface area contributed by atoms with Gasteiger partial charge in [0.2, 0.25) is 5.91 Å². The molecule has 2 heterocycles. The van der Waals surface area contributed by atoms with Gasteiger partial charge in [-0.1, -0.05) is 23.8 Å². The SMILES string of the molecule is Cc1cccc(-c2nc(C)c(CC(=O)N(C)CCc3ccncc3)s2)c1. The first-order valence-electron chi connectivity index (χ1n) is 8.69. The van der Waals surface area contributed by atoms with Crippen molar-refractivity contribution in [2.24, 2.45) is 0 Å². The van der Waals surface area contributed by atoms with E-state index in [-0.39, 0.29) is 5.91 Å². The molecule has 2 aromatic heterocycles. The van der Waals surface area contributed by atoms with Gasteiger partial charge in [-0.05, 0) is 44.0 Å². The largest absolute Gasteiger partial charge is 0.345 e. The lowest BCUT2D eigenvalue weighted by Gasteiger charge is -2.16. The first-order valence-corrected chi connectivity index (χ1v) is 9.51. The van der Waals surface area contributed by atoms with E-state index in [4.69, 9.17) is 0 Å². The minimum Gasteiger partial charge on any atom is -0.345 e. The average molecular weight is 366 g/mol. The maximum atomic E-state index is 12.6. The fraction of sp³-hybridized carbons (Fsp3) is 0.286. The molecule has 26 heavy (non-hydrogen) atoms. The Morgan fingerprint density at radius 1 is 1.15 bits per heavy atom. The number of hydrogen-bond acceptors (Lipinski definition) is 4. The Morgan fingerprint density at radius 2 is 1.92 bits per heavy atom. The predicted molar refractivity (Wildman–Crippen MR) is 106 cm³/mol. The van der Waals surface area contributed by atoms with Gasteiger partial charge in [0.25, 0.3) is 0 Å². The van der Waals surface area contributed by atoms with Crippen molar-refractivity contribution >= 4 is 17.2 Å². The maximum Gasteiger partial charge on any atom is 0.227 e. The van der Waals surface area contributed by atoms with Crippen molar-refractivity contribution in [2.45, 2.75) is 26.7 Å². The Bertz CT molecular complexity index is 889. The number of carbonyl (C=O) groups excluding carboxylic acids is 1. The van der Waals surface area contributed by atoms with Crippen LogP contribution in [0.3, 0.4) is 0 Å². The van der Waals surface area contributed by atoms with Gasteiger partial charge >= 0.3 is 0 Å². The molecule has 0 aliphatic carbocycles. The standard InChI is InChI=1S/C21H23N3OS/c1-15-5-4-6-18(13-15)21-23-16(2)19(26-21)14-20(25)24(3)12-9-17-7-10-22-11-8-17/h4-8,10-11,13H,9,12,14H2,1-3H3. The van der Waals surface area contributed by atoms with Gasteiger partial charge in [0, 0.05) is 36.4 Å². The van der Waals surface area contributed by atoms with Gasteiger partial charge < -0.3 is 4.90 Å². The zero-order valence-electron chi connectivity index (χ0n) is 15.4. The number of carbonyl (C=O) groups is 1. The van der Waals surface area contributed by atoms with Crippen LogP contribution in [0.25, 0.3) is 10.6 Å². The molecule has 4 nitrogen and oxygen atoms in total. The second kappa shape index (κ2) is 8.23. The lowest BCUT2D eigenvalue weighted by molar-refractivity contribution is -0.129. The molecule has 134 valence electrons. The van der Waals surface area contributed by atoms with Crippen molar-refractivity contribution in [2.75, 3.05) is 13.6 Å². The zero-order valence-corrected chi connectivity index (χ0v) is 16.2. The summed E-state index contributed by atoms with van der Waals surface area (Å²) in [6.07, 6.45) is 4.80. The molecule has 3 rings (SSSR count). The zero-order chi connectivity index (χ0) is 18.5. The minimum absolute atomic E-state index is 0.126. The normalized spacial score (nSPS) is 10.7. The van der Waals surface area contributed by atoms with Gasteiger partial charge in [-0.2, -0.15) is 0 Å². The highest BCUT2D eigenvalue weighted by Crippen LogP contribution is 2.29. The van der Waals surface area contributed by atoms with Crippen LogP contribution in [-0.2, 0) is 17.6 Å². The Hall–Kier alpha value is -2.53. The highest BCUT2D eigenvalue weighted by Gasteiger charge is 2.16. The summed E-state index contributed by atoms with van der Waals surface area (Å²) in [6, 6.07) is 12.3. The highest BCUT2D eigenvalue weighted by molar-refractivity contribution is 7.15. The summed E-state index contributed by atoms with van der Waals surface area (Å²) in [4.78, 5) is 24.1. The minimum atomic E-state index is 0.126. The molecule has 0 fully saturated rings. The number of benzene rings is 1. The number of pyridine rings is 1. The molecule has 3 aromatic rings. The van der Waals surface area contributed by atoms with Crippen molar-refractivity contribution in [3.8, 4) is 10.6 Å². The van der Waals surface area contributed by atoms with Gasteiger partial charge in [-0.25, -0.2) is 4.98 Å². The summed E-state index contributed by atoms with van der Waals surface area (Å²) in [5.74, 6) is 0.126. The molecule has 0 N–H and O–H groups in total. The van der Waals surface area contributed by atoms with Crippen molar-refractivity contribution in [1.29, 1.82) is 0 Å². The number of aryl methyl sites for hydroxylation is 2. The quantitative estimate of drug-likeness (QED) is 0.662. The summed E-state index contributed by atoms with van der Waals surface area (Å²) in [5.41, 5.74) is 4.46. The van der Waals surface area contributed by atoms with Crippen molar-refractivity contribution in [1.82, 2.24) is 14.9 Å². The number of thiazole rings is 1. The van der Waals surface area contributed by atoms with Crippen LogP contribution in [0.5, 0.6) is 0 Å². The number of rotatable bonds is 6. The number of likely N-dealkylation sites (N-methyl/N-ethyl adjacent to an activating group) is 1. The molecule has 0 aliphatic heterocycles. The van der Waals surface area contributed by atoms with Crippen LogP contribution in [0.4, 0.5) is 0 Å². The molecule has 0 saturated carbocycles. The van der Waals surface area contributed by atoms with E-state index < -0.39 is 0 Å². The number of nitrogens with zero attached hydrogens (tertiary/aromatic N) is 3. The van der Waals surface area contributed by atoms with E-state index in [0.29, 0.717) is 13.0 Å². The third-order valence-electron chi connectivity index (χ3n) is 4.38. The van der Waals surface area contributed by atoms with Gasteiger partial charge in [0.1, 0.15) is 5.01 Å². The monoisotopic (exact) mass is 365 g/mol. The van der Waals surface area contributed by atoms with Crippen LogP contribution in [0, 0.1) is 13.8 Å². The van der Waals surface area contributed by atoms with Gasteiger partial charge in [0.05, 0.1) is 12.1 Å². The smallest absolute Gasteiger partial charge is 0.227 e. The average Bonchev–Trinajstić information content (AvgIpc) is 3.01. The first kappa shape index (κ1) is 18.3. The lowest BCUT2D eigenvalue weighted by Crippen LogP contribution is -2.30. The predicted octanol–water partition coefficient (Wildman–Crippen LogP) is 4.07. The molecule has 0 radical (unpaired) electrons. The van der Waals surface area contributed by atoms with Gasteiger partial charge in [-0.15, -0.1) is 11.3 Å². The number of aromatic nitrogens is 2. The fourth-order valence-corrected chi connectivity index (χ4v) is 3.79. The Morgan fingerprint density at radius 3 is 2.65 bits per heavy atom. The molecule has 0 aliphatic rings. The topological polar surface area (TPSA) is 46.1 Å². The van der Waals surface area contributed by atoms with Crippen molar-refractivity contribution in [3.63, 3.8) is 0 Å². The number of hydrogen-bond donors (Lipinski definition) is 0. The van der Waals surface area contributed by atoms with Gasteiger partial charge in [0.15, 0.2) is 0 Å². The van der Waals surface area contributed by atoms with E-state index in [9.17, 15) is 4.79 Å². The number of amides is 1. The van der Waals surface area contributed by atoms with E-state index in [2.05, 4.69) is 35.1 Å². The van der Waals surface area contributed by atoms with E-state index in [1.54, 1.807) is 28.6 Å². The lowest BCUT2D eigenvalue weighted by atomic mass is 10.1. The molecule has 1 amide bonds. The third-order valence-corrected chi connectivity index (χ3v) is 5.59. The molecule has 1 aromatic carbocycles. The molecular formula is C21H23N3OS. The van der Waals surface area contributed by atoms with Crippen LogP contribution in [0.1, 0.15) is 21.7 Å². The molecule has 0 unspecified atom stereocenters. The molecule has 0 bridgehead atoms. The van der Waals surface area contributed by atoms with Crippen LogP contribution in [0.2, 0.25) is 0 Å². The van der Waals surface area contributed by atoms with Crippen LogP contribution in [0.15, 0.2) is 48.8 Å². The summed E-state index contributed by atoms with van der Waals surface area (Å²) < 4.78 is 0. The van der Waals surface area contributed by atoms with Gasteiger partial charge in [-0.3, -0.25) is 9.78 Å². The van der Waals surface area contributed by atoms with Crippen molar-refractivity contribution < 1.29 is 4.79 Å². The van der Waals surface area contributed by atoms with Crippen molar-refractivity contribution in [3.05, 3.63) is 70.5 Å². The summed E-state index contributed by atoms with van der Waals surface area (Å²) >= 11 is 1.61. The highest BCUT2D eigenvalue weighted by atomic mass is 32.1. The van der Waals surface area contributed by atoms with Crippen LogP contribution < -0.4 is 0 Å². The summed E-state index contributed by atoms with van der Waals surface area (Å²) in [5, 5.41) is 0.980. The van der Waals surface area contributed by atoms with E-state index >= 15 is 0 Å². The van der Waals surface area contributed by atoms with E-state index in [1.807, 2.05) is 32.2 Å². The summed E-state index contributed by atoms with van der Waals surface area (Å²) in [7, 11) is 1.86. The Labute approximate surface area is 158 Å². The molecule has 0 spiro atoms. The van der Waals surface area contributed by atoms with Crippen LogP contribution >= 0.6 is 11.3 Å². The molecule has 5 heteroatoms. The van der Waals surface area contributed by atoms with E-state index in [1.165, 1.54) is 11.1 Å². The maximum absolute atomic E-state index is 12.6. The fourth-order valence-electron chi connectivity index (χ4n) is 2.74. The Kier molecular flexibility index (Phi) is 5.78. The van der Waals surface area contributed by atoms with E-state index in [0.717, 1.165) is 27.6 Å². The molecule has 0 saturated heterocycles. The Balaban J connectivity index is 1.64. The second-order valence-corrected chi connectivity index (χ2v) is 7.58. The third kappa shape index (κ3) is 4.55. The van der Waals surface area contributed by atoms with Crippen LogP contribution in [-0.4, -0.2) is 34.4 Å². The molecule has 0 atom stereocenters. The summed E-state index contributed by atoms with van der Waals surface area (Å²) in [6.45, 7) is 4.76. The molecular weight excluding hydrogens is 342 g/mol. The first-order chi connectivity index (χ1) is 12.5. The second-order valence-electron chi connectivity index (χ2n) is 6.49.